The topological polar surface area (TPSA) is 17.1 Å². The molecule has 1 fully saturated rings. The molecule has 1 nitrogen and oxygen atoms in total. The number of carbonyl (C=O) groups is 1. The van der Waals surface area contributed by atoms with Gasteiger partial charge in [0.05, 0.1) is 5.03 Å². The van der Waals surface area contributed by atoms with Gasteiger partial charge in [0.1, 0.15) is 0 Å². The van der Waals surface area contributed by atoms with E-state index in [0.717, 1.165) is 31.3 Å². The number of hydrogen-bond donors (Lipinski definition) is 0. The van der Waals surface area contributed by atoms with Crippen LogP contribution in [0.1, 0.15) is 36.0 Å². The fourth-order valence-corrected chi connectivity index (χ4v) is 2.20. The summed E-state index contributed by atoms with van der Waals surface area (Å²) in [6.45, 7) is 0. The molecule has 2 rings (SSSR count). The van der Waals surface area contributed by atoms with Gasteiger partial charge in [-0.3, -0.25) is 4.79 Å². The molecule has 78 valence electrons. The van der Waals surface area contributed by atoms with E-state index in [-0.39, 0.29) is 5.78 Å². The van der Waals surface area contributed by atoms with Gasteiger partial charge in [-0.2, -0.15) is 0 Å². The van der Waals surface area contributed by atoms with Crippen LogP contribution in [-0.4, -0.2) is 5.78 Å². The van der Waals surface area contributed by atoms with Gasteiger partial charge in [0, 0.05) is 5.56 Å². The normalized spacial score (nSPS) is 15.4. The number of Topliss-reactive ketones (excluding diaryl/α,β-unsaturated/α-hetero) is 1. The van der Waals surface area contributed by atoms with Crippen molar-refractivity contribution in [2.45, 2.75) is 25.7 Å². The molecule has 0 amide bonds. The second-order valence-corrected chi connectivity index (χ2v) is 4.20. The second-order valence-electron chi connectivity index (χ2n) is 3.82. The number of halogens is 1. The first-order valence-electron chi connectivity index (χ1n) is 5.26. The van der Waals surface area contributed by atoms with Crippen molar-refractivity contribution in [3.63, 3.8) is 0 Å². The molecule has 0 aromatic heterocycles. The molecular formula is C13H13ClO. The van der Waals surface area contributed by atoms with E-state index in [1.165, 1.54) is 0 Å². The molecule has 2 heteroatoms. The predicted molar refractivity (Wildman–Crippen MR) is 62.1 cm³/mol. The third-order valence-corrected chi connectivity index (χ3v) is 3.19. The summed E-state index contributed by atoms with van der Waals surface area (Å²) >= 11 is 6.10. The van der Waals surface area contributed by atoms with E-state index in [0.29, 0.717) is 10.6 Å². The van der Waals surface area contributed by atoms with E-state index in [2.05, 4.69) is 0 Å². The van der Waals surface area contributed by atoms with E-state index < -0.39 is 0 Å². The summed E-state index contributed by atoms with van der Waals surface area (Å²) < 4.78 is 0. The molecule has 0 heterocycles. The van der Waals surface area contributed by atoms with Crippen molar-refractivity contribution in [2.24, 2.45) is 0 Å². The molecule has 0 spiro atoms. The molecular weight excluding hydrogens is 208 g/mol. The van der Waals surface area contributed by atoms with E-state index in [1.807, 2.05) is 18.2 Å². The van der Waals surface area contributed by atoms with E-state index in [4.69, 9.17) is 11.6 Å². The van der Waals surface area contributed by atoms with Gasteiger partial charge in [-0.25, -0.2) is 0 Å². The lowest BCUT2D eigenvalue weighted by molar-refractivity contribution is 0.104. The predicted octanol–water partition coefficient (Wildman–Crippen LogP) is 3.94. The monoisotopic (exact) mass is 220 g/mol. The minimum absolute atomic E-state index is 0.0332. The van der Waals surface area contributed by atoms with Gasteiger partial charge in [0.15, 0.2) is 0 Å². The Balaban J connectivity index is 2.25. The first kappa shape index (κ1) is 10.4. The molecule has 1 aromatic carbocycles. The van der Waals surface area contributed by atoms with Crippen LogP contribution in [-0.2, 0) is 0 Å². The lowest BCUT2D eigenvalue weighted by Gasteiger charge is -2.02. The van der Waals surface area contributed by atoms with E-state index >= 15 is 0 Å². The smallest absolute Gasteiger partial charge is 0.204 e. The largest absolute Gasteiger partial charge is 0.288 e. The highest BCUT2D eigenvalue weighted by Crippen LogP contribution is 2.30. The van der Waals surface area contributed by atoms with Crippen LogP contribution in [0.15, 0.2) is 40.9 Å². The summed E-state index contributed by atoms with van der Waals surface area (Å²) in [5, 5.41) is 0.443. The van der Waals surface area contributed by atoms with Gasteiger partial charge in [0.2, 0.25) is 5.78 Å². The molecule has 0 N–H and O–H groups in total. The fraction of sp³-hybridized carbons (Fsp3) is 0.308. The van der Waals surface area contributed by atoms with Gasteiger partial charge in [-0.15, -0.1) is 0 Å². The van der Waals surface area contributed by atoms with Crippen LogP contribution in [0, 0.1) is 0 Å². The molecule has 0 unspecified atom stereocenters. The zero-order chi connectivity index (χ0) is 10.7. The maximum atomic E-state index is 11.9. The highest BCUT2D eigenvalue weighted by Gasteiger charge is 2.17. The van der Waals surface area contributed by atoms with Gasteiger partial charge in [0.25, 0.3) is 0 Å². The molecule has 0 atom stereocenters. The number of hydrogen-bond acceptors (Lipinski definition) is 1. The maximum Gasteiger partial charge on any atom is 0.204 e. The second kappa shape index (κ2) is 4.63. The Morgan fingerprint density at radius 2 is 1.67 bits per heavy atom. The Morgan fingerprint density at radius 1 is 1.07 bits per heavy atom. The lowest BCUT2D eigenvalue weighted by atomic mass is 10.1. The van der Waals surface area contributed by atoms with Crippen LogP contribution in [0.3, 0.4) is 0 Å². The summed E-state index contributed by atoms with van der Waals surface area (Å²) in [6, 6.07) is 9.22. The summed E-state index contributed by atoms with van der Waals surface area (Å²) in [4.78, 5) is 11.9. The Bertz CT molecular complexity index is 384. The number of allylic oxidation sites excluding steroid dienone is 2. The zero-order valence-corrected chi connectivity index (χ0v) is 9.26. The van der Waals surface area contributed by atoms with Crippen molar-refractivity contribution >= 4 is 17.4 Å². The van der Waals surface area contributed by atoms with Crippen molar-refractivity contribution in [3.8, 4) is 0 Å². The standard InChI is InChI=1S/C13H13ClO/c14-12(10-6-4-5-7-10)13(15)11-8-2-1-3-9-11/h1-3,8-9H,4-7H2. The zero-order valence-electron chi connectivity index (χ0n) is 8.50. The molecule has 1 saturated carbocycles. The Morgan fingerprint density at radius 3 is 2.27 bits per heavy atom. The molecule has 0 bridgehead atoms. The molecule has 15 heavy (non-hydrogen) atoms. The summed E-state index contributed by atoms with van der Waals surface area (Å²) in [5.74, 6) is -0.0332. The number of rotatable bonds is 2. The Kier molecular flexibility index (Phi) is 3.22. The fourth-order valence-electron chi connectivity index (χ4n) is 1.90. The molecule has 1 aromatic rings. The average Bonchev–Trinajstić information content (AvgIpc) is 2.82. The minimum Gasteiger partial charge on any atom is -0.288 e. The van der Waals surface area contributed by atoms with Gasteiger partial charge >= 0.3 is 0 Å². The molecule has 0 saturated heterocycles. The number of benzene rings is 1. The Hall–Kier alpha value is -1.08. The average molecular weight is 221 g/mol. The highest BCUT2D eigenvalue weighted by molar-refractivity contribution is 6.45. The minimum atomic E-state index is -0.0332. The van der Waals surface area contributed by atoms with Crippen LogP contribution in [0.2, 0.25) is 0 Å². The van der Waals surface area contributed by atoms with Crippen LogP contribution in [0.4, 0.5) is 0 Å². The van der Waals surface area contributed by atoms with Crippen molar-refractivity contribution in [1.82, 2.24) is 0 Å². The van der Waals surface area contributed by atoms with Crippen LogP contribution < -0.4 is 0 Å². The lowest BCUT2D eigenvalue weighted by Crippen LogP contribution is -2.00. The third-order valence-electron chi connectivity index (χ3n) is 2.75. The summed E-state index contributed by atoms with van der Waals surface area (Å²) in [5.41, 5.74) is 1.81. The van der Waals surface area contributed by atoms with Crippen LogP contribution >= 0.6 is 11.6 Å². The maximum absolute atomic E-state index is 11.9. The molecule has 0 aliphatic heterocycles. The van der Waals surface area contributed by atoms with Gasteiger partial charge in [-0.1, -0.05) is 41.9 Å². The number of carbonyl (C=O) groups excluding carboxylic acids is 1. The van der Waals surface area contributed by atoms with Crippen molar-refractivity contribution in [1.29, 1.82) is 0 Å². The van der Waals surface area contributed by atoms with Crippen molar-refractivity contribution in [3.05, 3.63) is 46.5 Å². The van der Waals surface area contributed by atoms with Crippen molar-refractivity contribution < 1.29 is 4.79 Å². The van der Waals surface area contributed by atoms with E-state index in [9.17, 15) is 4.79 Å². The summed E-state index contributed by atoms with van der Waals surface area (Å²) in [6.07, 6.45) is 4.29. The SMILES string of the molecule is O=C(C(Cl)=C1CCCC1)c1ccccc1. The Labute approximate surface area is 94.8 Å². The van der Waals surface area contributed by atoms with Crippen LogP contribution in [0.25, 0.3) is 0 Å². The summed E-state index contributed by atoms with van der Waals surface area (Å²) in [7, 11) is 0. The quantitative estimate of drug-likeness (QED) is 0.545. The van der Waals surface area contributed by atoms with Gasteiger partial charge < -0.3 is 0 Å². The highest BCUT2D eigenvalue weighted by atomic mass is 35.5. The van der Waals surface area contributed by atoms with Crippen molar-refractivity contribution in [2.75, 3.05) is 0 Å². The first-order chi connectivity index (χ1) is 7.29. The first-order valence-corrected chi connectivity index (χ1v) is 5.64. The van der Waals surface area contributed by atoms with Gasteiger partial charge in [-0.05, 0) is 31.3 Å². The third kappa shape index (κ3) is 2.29. The molecule has 0 radical (unpaired) electrons. The molecule has 1 aliphatic carbocycles. The number of ketones is 1. The van der Waals surface area contributed by atoms with E-state index in [1.54, 1.807) is 12.1 Å². The molecule has 1 aliphatic rings. The van der Waals surface area contributed by atoms with Crippen LogP contribution in [0.5, 0.6) is 0 Å².